The number of hydrogen-bond acceptors (Lipinski definition) is 1. The van der Waals surface area contributed by atoms with Crippen molar-refractivity contribution < 1.29 is 0 Å². The van der Waals surface area contributed by atoms with E-state index in [2.05, 4.69) is 219 Å². The Labute approximate surface area is 317 Å². The lowest BCUT2D eigenvalue weighted by molar-refractivity contribution is 0.660. The van der Waals surface area contributed by atoms with E-state index in [1.54, 1.807) is 0 Å². The van der Waals surface area contributed by atoms with Crippen molar-refractivity contribution in [2.24, 2.45) is 0 Å². The van der Waals surface area contributed by atoms with Crippen LogP contribution in [0.5, 0.6) is 0 Å². The molecule has 0 saturated carbocycles. The second-order valence-electron chi connectivity index (χ2n) is 14.9. The molecule has 0 spiro atoms. The molecule has 0 saturated heterocycles. The van der Waals surface area contributed by atoms with Gasteiger partial charge in [0.2, 0.25) is 0 Å². The monoisotopic (exact) mass is 689 g/mol. The Balaban J connectivity index is 1.12. The Kier molecular flexibility index (Phi) is 7.56. The molecule has 0 heterocycles. The summed E-state index contributed by atoms with van der Waals surface area (Å²) < 4.78 is 0. The maximum absolute atomic E-state index is 2.45. The lowest BCUT2D eigenvalue weighted by Gasteiger charge is -2.29. The van der Waals surface area contributed by atoms with E-state index >= 15 is 0 Å². The molecule has 54 heavy (non-hydrogen) atoms. The maximum atomic E-state index is 2.45. The van der Waals surface area contributed by atoms with Crippen molar-refractivity contribution in [3.63, 3.8) is 0 Å². The van der Waals surface area contributed by atoms with Crippen LogP contribution >= 0.6 is 0 Å². The average molecular weight is 690 g/mol. The van der Waals surface area contributed by atoms with Crippen molar-refractivity contribution in [1.82, 2.24) is 0 Å². The SMILES string of the molecule is CC1(C)c2ccccc2-c2c(N(c3ccc(-c4cccc5ccccc45)cc3)c3ccc(-c4cccc5c(-c6ccccc6)cccc45)cc3)cccc21. The van der Waals surface area contributed by atoms with Crippen LogP contribution in [0.4, 0.5) is 17.1 Å². The zero-order valence-electron chi connectivity index (χ0n) is 30.5. The fraction of sp³-hybridized carbons (Fsp3) is 0.0566. The van der Waals surface area contributed by atoms with Crippen LogP contribution in [0.1, 0.15) is 25.0 Å². The highest BCUT2D eigenvalue weighted by Crippen LogP contribution is 2.54. The molecule has 1 aliphatic rings. The van der Waals surface area contributed by atoms with Crippen molar-refractivity contribution >= 4 is 38.6 Å². The van der Waals surface area contributed by atoms with Crippen LogP contribution in [0.25, 0.3) is 66.1 Å². The standard InChI is InChI=1S/C53H39N/c1-53(2)49-25-9-8-19-48(49)52-50(53)26-13-27-51(52)54(40-32-28-38(29-33-40)43-20-10-17-37-16-6-7-18-42(37)43)41-34-30-39(31-35-41)45-22-12-23-46-44(21-11-24-47(45)46)36-14-4-3-5-15-36/h3-35H,1-2H3. The van der Waals surface area contributed by atoms with Crippen LogP contribution in [0.3, 0.4) is 0 Å². The molecule has 0 amide bonds. The van der Waals surface area contributed by atoms with Gasteiger partial charge in [0.1, 0.15) is 0 Å². The van der Waals surface area contributed by atoms with Gasteiger partial charge in [-0.2, -0.15) is 0 Å². The minimum Gasteiger partial charge on any atom is -0.310 e. The largest absolute Gasteiger partial charge is 0.310 e. The first kappa shape index (κ1) is 32.0. The van der Waals surface area contributed by atoms with Gasteiger partial charge in [-0.1, -0.05) is 184 Å². The fourth-order valence-corrected chi connectivity index (χ4v) is 8.84. The van der Waals surface area contributed by atoms with E-state index in [0.717, 1.165) is 11.4 Å². The smallest absolute Gasteiger partial charge is 0.0543 e. The molecule has 0 unspecified atom stereocenters. The zero-order chi connectivity index (χ0) is 36.2. The Hall–Kier alpha value is -6.70. The van der Waals surface area contributed by atoms with Gasteiger partial charge in [-0.3, -0.25) is 0 Å². The van der Waals surface area contributed by atoms with Gasteiger partial charge in [0.05, 0.1) is 5.69 Å². The van der Waals surface area contributed by atoms with Crippen molar-refractivity contribution in [1.29, 1.82) is 0 Å². The van der Waals surface area contributed by atoms with Crippen molar-refractivity contribution in [3.8, 4) is 44.5 Å². The van der Waals surface area contributed by atoms with Crippen LogP contribution in [0.15, 0.2) is 200 Å². The molecule has 1 nitrogen and oxygen atoms in total. The predicted octanol–water partition coefficient (Wildman–Crippen LogP) is 14.8. The lowest BCUT2D eigenvalue weighted by atomic mass is 9.82. The van der Waals surface area contributed by atoms with Crippen LogP contribution in [-0.4, -0.2) is 0 Å². The van der Waals surface area contributed by atoms with E-state index in [9.17, 15) is 0 Å². The molecule has 9 aromatic carbocycles. The summed E-state index contributed by atoms with van der Waals surface area (Å²) in [7, 11) is 0. The molecule has 0 N–H and O–H groups in total. The zero-order valence-corrected chi connectivity index (χ0v) is 30.5. The van der Waals surface area contributed by atoms with Crippen LogP contribution in [0, 0.1) is 0 Å². The third-order valence-electron chi connectivity index (χ3n) is 11.5. The lowest BCUT2D eigenvalue weighted by Crippen LogP contribution is -2.16. The fourth-order valence-electron chi connectivity index (χ4n) is 8.84. The first-order valence-corrected chi connectivity index (χ1v) is 18.9. The Morgan fingerprint density at radius 3 is 1.44 bits per heavy atom. The van der Waals surface area contributed by atoms with Gasteiger partial charge >= 0.3 is 0 Å². The summed E-state index contributed by atoms with van der Waals surface area (Å²) in [6.45, 7) is 4.71. The summed E-state index contributed by atoms with van der Waals surface area (Å²) in [4.78, 5) is 2.45. The highest BCUT2D eigenvalue weighted by atomic mass is 15.1. The van der Waals surface area contributed by atoms with Crippen LogP contribution < -0.4 is 4.90 Å². The van der Waals surface area contributed by atoms with Gasteiger partial charge in [0, 0.05) is 22.4 Å². The molecule has 1 aliphatic carbocycles. The number of nitrogens with zero attached hydrogens (tertiary/aromatic N) is 1. The molecule has 0 aliphatic heterocycles. The molecule has 0 bridgehead atoms. The summed E-state index contributed by atoms with van der Waals surface area (Å²) in [5.41, 5.74) is 16.1. The number of benzene rings is 9. The van der Waals surface area contributed by atoms with Crippen molar-refractivity contribution in [2.45, 2.75) is 19.3 Å². The van der Waals surface area contributed by atoms with Gasteiger partial charge in [0.25, 0.3) is 0 Å². The molecule has 0 atom stereocenters. The molecule has 1 heteroatoms. The third-order valence-corrected chi connectivity index (χ3v) is 11.5. The summed E-state index contributed by atoms with van der Waals surface area (Å²) in [6.07, 6.45) is 0. The highest BCUT2D eigenvalue weighted by Gasteiger charge is 2.37. The van der Waals surface area contributed by atoms with Gasteiger partial charge < -0.3 is 4.90 Å². The molecule has 0 aromatic heterocycles. The van der Waals surface area contributed by atoms with E-state index < -0.39 is 0 Å². The Morgan fingerprint density at radius 2 is 0.778 bits per heavy atom. The molecule has 9 aromatic rings. The second kappa shape index (κ2) is 12.8. The third kappa shape index (κ3) is 5.16. The van der Waals surface area contributed by atoms with E-state index in [1.165, 1.54) is 82.9 Å². The van der Waals surface area contributed by atoms with Gasteiger partial charge in [-0.15, -0.1) is 0 Å². The first-order valence-electron chi connectivity index (χ1n) is 18.9. The normalized spacial score (nSPS) is 12.8. The van der Waals surface area contributed by atoms with Gasteiger partial charge in [0.15, 0.2) is 0 Å². The summed E-state index contributed by atoms with van der Waals surface area (Å²) in [5.74, 6) is 0. The van der Waals surface area contributed by atoms with Gasteiger partial charge in [-0.05, 0) is 102 Å². The average Bonchev–Trinajstić information content (AvgIpc) is 3.47. The summed E-state index contributed by atoms with van der Waals surface area (Å²) >= 11 is 0. The Bertz CT molecular complexity index is 2820. The number of anilines is 3. The predicted molar refractivity (Wildman–Crippen MR) is 230 cm³/mol. The van der Waals surface area contributed by atoms with Crippen molar-refractivity contribution in [3.05, 3.63) is 211 Å². The number of hydrogen-bond donors (Lipinski definition) is 0. The molecule has 0 fully saturated rings. The van der Waals surface area contributed by atoms with Crippen molar-refractivity contribution in [2.75, 3.05) is 4.90 Å². The quantitative estimate of drug-likeness (QED) is 0.168. The van der Waals surface area contributed by atoms with E-state index in [1.807, 2.05) is 0 Å². The molecule has 0 radical (unpaired) electrons. The van der Waals surface area contributed by atoms with E-state index in [4.69, 9.17) is 0 Å². The number of fused-ring (bicyclic) bond motifs is 5. The summed E-state index contributed by atoms with van der Waals surface area (Å²) in [6, 6.07) is 73.3. The molecular formula is C53H39N. The second-order valence-corrected chi connectivity index (χ2v) is 14.9. The van der Waals surface area contributed by atoms with Gasteiger partial charge in [-0.25, -0.2) is 0 Å². The van der Waals surface area contributed by atoms with Crippen LogP contribution in [-0.2, 0) is 5.41 Å². The molecular weight excluding hydrogens is 651 g/mol. The molecule has 256 valence electrons. The van der Waals surface area contributed by atoms with Crippen LogP contribution in [0.2, 0.25) is 0 Å². The molecule has 10 rings (SSSR count). The minimum absolute atomic E-state index is 0.0946. The van der Waals surface area contributed by atoms with E-state index in [-0.39, 0.29) is 5.41 Å². The number of rotatable bonds is 6. The topological polar surface area (TPSA) is 3.24 Å². The Morgan fingerprint density at radius 1 is 0.333 bits per heavy atom. The minimum atomic E-state index is -0.0946. The first-order chi connectivity index (χ1) is 26.6. The van der Waals surface area contributed by atoms with E-state index in [0.29, 0.717) is 0 Å². The highest BCUT2D eigenvalue weighted by molar-refractivity contribution is 6.05. The summed E-state index contributed by atoms with van der Waals surface area (Å²) in [5, 5.41) is 5.04. The maximum Gasteiger partial charge on any atom is 0.0543 e.